The number of piperazine rings is 1. The Morgan fingerprint density at radius 1 is 1.00 bits per heavy atom. The van der Waals surface area contributed by atoms with Crippen molar-refractivity contribution in [1.82, 2.24) is 15.1 Å². The zero-order valence-corrected chi connectivity index (χ0v) is 16.6. The molecule has 0 unspecified atom stereocenters. The van der Waals surface area contributed by atoms with Crippen molar-refractivity contribution in [2.75, 3.05) is 45.8 Å². The van der Waals surface area contributed by atoms with Crippen LogP contribution in [-0.4, -0.2) is 61.5 Å². The third-order valence-corrected chi connectivity index (χ3v) is 5.38. The van der Waals surface area contributed by atoms with Crippen molar-refractivity contribution in [3.63, 3.8) is 0 Å². The largest absolute Gasteiger partial charge is 0.356 e. The van der Waals surface area contributed by atoms with Gasteiger partial charge in [0, 0.05) is 45.2 Å². The smallest absolute Gasteiger partial charge is 0.223 e. The standard InChI is InChI=1S/C20H41N3O/c1-5-8-9-10-11-19(6-2)20(24)21-16-18(4)17-23-14-12-22(7-3)13-15-23/h18-19H,5-17H2,1-4H3,(H,21,24)/t18-,19-/m0/s1. The van der Waals surface area contributed by atoms with Crippen molar-refractivity contribution in [3.8, 4) is 0 Å². The summed E-state index contributed by atoms with van der Waals surface area (Å²) in [5, 5.41) is 3.21. The van der Waals surface area contributed by atoms with Gasteiger partial charge < -0.3 is 15.1 Å². The normalized spacial score (nSPS) is 19.2. The highest BCUT2D eigenvalue weighted by Crippen LogP contribution is 2.14. The van der Waals surface area contributed by atoms with Gasteiger partial charge in [-0.2, -0.15) is 0 Å². The van der Waals surface area contributed by atoms with Gasteiger partial charge in [0.05, 0.1) is 0 Å². The quantitative estimate of drug-likeness (QED) is 0.554. The van der Waals surface area contributed by atoms with Gasteiger partial charge in [-0.25, -0.2) is 0 Å². The topological polar surface area (TPSA) is 35.6 Å². The average Bonchev–Trinajstić information content (AvgIpc) is 2.60. The summed E-state index contributed by atoms with van der Waals surface area (Å²) >= 11 is 0. The second-order valence-electron chi connectivity index (χ2n) is 7.54. The first-order valence-electron chi connectivity index (χ1n) is 10.3. The summed E-state index contributed by atoms with van der Waals surface area (Å²) in [6.45, 7) is 16.7. The molecule has 0 aliphatic carbocycles. The molecule has 1 aliphatic heterocycles. The summed E-state index contributed by atoms with van der Waals surface area (Å²) in [5.74, 6) is 1.01. The Kier molecular flexibility index (Phi) is 11.4. The number of hydrogen-bond acceptors (Lipinski definition) is 3. The van der Waals surface area contributed by atoms with E-state index >= 15 is 0 Å². The molecule has 1 aliphatic rings. The predicted molar refractivity (Wildman–Crippen MR) is 103 cm³/mol. The highest BCUT2D eigenvalue weighted by atomic mass is 16.1. The Morgan fingerprint density at radius 3 is 2.25 bits per heavy atom. The second-order valence-corrected chi connectivity index (χ2v) is 7.54. The third kappa shape index (κ3) is 8.48. The van der Waals surface area contributed by atoms with Gasteiger partial charge in [-0.3, -0.25) is 4.79 Å². The van der Waals surface area contributed by atoms with Gasteiger partial charge in [0.25, 0.3) is 0 Å². The van der Waals surface area contributed by atoms with E-state index in [1.165, 1.54) is 51.9 Å². The summed E-state index contributed by atoms with van der Waals surface area (Å²) in [6, 6.07) is 0. The molecule has 0 spiro atoms. The number of likely N-dealkylation sites (N-methyl/N-ethyl adjacent to an activating group) is 1. The zero-order chi connectivity index (χ0) is 17.8. The molecular weight excluding hydrogens is 298 g/mol. The fourth-order valence-corrected chi connectivity index (χ4v) is 3.55. The number of carbonyl (C=O) groups is 1. The maximum atomic E-state index is 12.4. The third-order valence-electron chi connectivity index (χ3n) is 5.38. The second kappa shape index (κ2) is 12.7. The summed E-state index contributed by atoms with van der Waals surface area (Å²) in [7, 11) is 0. The van der Waals surface area contributed by atoms with Crippen LogP contribution in [0.25, 0.3) is 0 Å². The molecule has 1 N–H and O–H groups in total. The van der Waals surface area contributed by atoms with E-state index in [2.05, 4.69) is 42.8 Å². The minimum Gasteiger partial charge on any atom is -0.356 e. The van der Waals surface area contributed by atoms with E-state index in [0.29, 0.717) is 5.92 Å². The molecule has 1 saturated heterocycles. The van der Waals surface area contributed by atoms with Crippen LogP contribution in [0.3, 0.4) is 0 Å². The number of nitrogens with zero attached hydrogens (tertiary/aromatic N) is 2. The Hall–Kier alpha value is -0.610. The van der Waals surface area contributed by atoms with Crippen molar-refractivity contribution in [2.24, 2.45) is 11.8 Å². The molecule has 2 atom stereocenters. The highest BCUT2D eigenvalue weighted by molar-refractivity contribution is 5.78. The van der Waals surface area contributed by atoms with Gasteiger partial charge in [0.2, 0.25) is 5.91 Å². The number of rotatable bonds is 12. The molecular formula is C20H41N3O. The van der Waals surface area contributed by atoms with Crippen LogP contribution in [0.5, 0.6) is 0 Å². The van der Waals surface area contributed by atoms with E-state index in [0.717, 1.165) is 32.5 Å². The average molecular weight is 340 g/mol. The number of nitrogens with one attached hydrogen (secondary N) is 1. The van der Waals surface area contributed by atoms with E-state index in [1.54, 1.807) is 0 Å². The molecule has 1 rings (SSSR count). The lowest BCUT2D eigenvalue weighted by molar-refractivity contribution is -0.125. The molecule has 0 bridgehead atoms. The molecule has 0 radical (unpaired) electrons. The van der Waals surface area contributed by atoms with Crippen LogP contribution in [0.2, 0.25) is 0 Å². The maximum Gasteiger partial charge on any atom is 0.223 e. The van der Waals surface area contributed by atoms with Crippen molar-refractivity contribution < 1.29 is 4.79 Å². The molecule has 0 aromatic rings. The maximum absolute atomic E-state index is 12.4. The number of amides is 1. The monoisotopic (exact) mass is 339 g/mol. The fourth-order valence-electron chi connectivity index (χ4n) is 3.55. The summed E-state index contributed by atoms with van der Waals surface area (Å²) in [5.41, 5.74) is 0. The van der Waals surface area contributed by atoms with Crippen LogP contribution in [-0.2, 0) is 4.79 Å². The minimum absolute atomic E-state index is 0.210. The Labute approximate surface area is 150 Å². The number of unbranched alkanes of at least 4 members (excludes halogenated alkanes) is 3. The van der Waals surface area contributed by atoms with E-state index in [-0.39, 0.29) is 11.8 Å². The van der Waals surface area contributed by atoms with Gasteiger partial charge in [-0.05, 0) is 25.3 Å². The van der Waals surface area contributed by atoms with E-state index in [9.17, 15) is 4.79 Å². The van der Waals surface area contributed by atoms with Gasteiger partial charge in [-0.1, -0.05) is 53.4 Å². The van der Waals surface area contributed by atoms with E-state index in [1.807, 2.05) is 0 Å². The minimum atomic E-state index is 0.210. The predicted octanol–water partition coefficient (Wildman–Crippen LogP) is 3.37. The SMILES string of the molecule is CCCCCC[C@H](CC)C(=O)NC[C@H](C)CN1CCN(CC)CC1. The van der Waals surface area contributed by atoms with Crippen molar-refractivity contribution in [1.29, 1.82) is 0 Å². The number of carbonyl (C=O) groups excluding carboxylic acids is 1. The van der Waals surface area contributed by atoms with Crippen molar-refractivity contribution >= 4 is 5.91 Å². The lowest BCUT2D eigenvalue weighted by Gasteiger charge is -2.35. The number of hydrogen-bond donors (Lipinski definition) is 1. The molecule has 24 heavy (non-hydrogen) atoms. The Bertz CT molecular complexity index is 327. The molecule has 4 nitrogen and oxygen atoms in total. The summed E-state index contributed by atoms with van der Waals surface area (Å²) < 4.78 is 0. The fraction of sp³-hybridized carbons (Fsp3) is 0.950. The van der Waals surface area contributed by atoms with E-state index < -0.39 is 0 Å². The van der Waals surface area contributed by atoms with Crippen LogP contribution < -0.4 is 5.32 Å². The van der Waals surface area contributed by atoms with Crippen LogP contribution in [0.1, 0.15) is 66.2 Å². The molecule has 0 aromatic carbocycles. The van der Waals surface area contributed by atoms with Crippen LogP contribution in [0, 0.1) is 11.8 Å². The van der Waals surface area contributed by atoms with Gasteiger partial charge in [0.1, 0.15) is 0 Å². The molecule has 4 heteroatoms. The Balaban J connectivity index is 2.19. The molecule has 1 heterocycles. The Morgan fingerprint density at radius 2 is 1.67 bits per heavy atom. The molecule has 142 valence electrons. The van der Waals surface area contributed by atoms with Gasteiger partial charge in [-0.15, -0.1) is 0 Å². The first kappa shape index (κ1) is 21.4. The first-order valence-corrected chi connectivity index (χ1v) is 10.3. The molecule has 1 amide bonds. The van der Waals surface area contributed by atoms with Crippen molar-refractivity contribution in [2.45, 2.75) is 66.2 Å². The van der Waals surface area contributed by atoms with E-state index in [4.69, 9.17) is 0 Å². The molecule has 0 saturated carbocycles. The van der Waals surface area contributed by atoms with Crippen molar-refractivity contribution in [3.05, 3.63) is 0 Å². The van der Waals surface area contributed by atoms with Crippen LogP contribution >= 0.6 is 0 Å². The highest BCUT2D eigenvalue weighted by Gasteiger charge is 2.19. The van der Waals surface area contributed by atoms with Gasteiger partial charge in [0.15, 0.2) is 0 Å². The van der Waals surface area contributed by atoms with Crippen LogP contribution in [0.15, 0.2) is 0 Å². The first-order chi connectivity index (χ1) is 11.6. The summed E-state index contributed by atoms with van der Waals surface area (Å²) in [4.78, 5) is 17.4. The molecule has 0 aromatic heterocycles. The lowest BCUT2D eigenvalue weighted by Crippen LogP contribution is -2.48. The van der Waals surface area contributed by atoms with Gasteiger partial charge >= 0.3 is 0 Å². The zero-order valence-electron chi connectivity index (χ0n) is 16.6. The summed E-state index contributed by atoms with van der Waals surface area (Å²) in [6.07, 6.45) is 7.02. The van der Waals surface area contributed by atoms with Crippen LogP contribution in [0.4, 0.5) is 0 Å². The molecule has 1 fully saturated rings. The lowest BCUT2D eigenvalue weighted by atomic mass is 9.97.